The number of pyridine rings is 1. The fourth-order valence-corrected chi connectivity index (χ4v) is 1.69. The fourth-order valence-electron chi connectivity index (χ4n) is 1.57. The Bertz CT molecular complexity index is 489. The third-order valence-electron chi connectivity index (χ3n) is 2.62. The van der Waals surface area contributed by atoms with Gasteiger partial charge in [-0.25, -0.2) is 4.98 Å². The van der Waals surface area contributed by atoms with Crippen LogP contribution in [0.5, 0.6) is 0 Å². The van der Waals surface area contributed by atoms with Gasteiger partial charge in [-0.2, -0.15) is 0 Å². The zero-order valence-electron chi connectivity index (χ0n) is 9.53. The van der Waals surface area contributed by atoms with Crippen LogP contribution in [-0.2, 0) is 0 Å². The van der Waals surface area contributed by atoms with Crippen LogP contribution in [0.4, 0.5) is 0 Å². The summed E-state index contributed by atoms with van der Waals surface area (Å²) in [7, 11) is 0. The Kier molecular flexibility index (Phi) is 3.59. The number of hydrogen-bond donors (Lipinski definition) is 1. The number of amides is 1. The van der Waals surface area contributed by atoms with E-state index in [1.807, 2.05) is 12.2 Å². The Hall–Kier alpha value is -1.61. The van der Waals surface area contributed by atoms with Gasteiger partial charge in [0.25, 0.3) is 5.91 Å². The van der Waals surface area contributed by atoms with Crippen LogP contribution >= 0.6 is 11.6 Å². The van der Waals surface area contributed by atoms with E-state index in [0.717, 1.165) is 18.5 Å². The number of allylic oxidation sites excluding steroid dienone is 4. The molecule has 1 aromatic heterocycles. The molecule has 1 N–H and O–H groups in total. The van der Waals surface area contributed by atoms with Crippen molar-refractivity contribution in [3.05, 3.63) is 52.5 Å². The van der Waals surface area contributed by atoms with Crippen LogP contribution in [0.1, 0.15) is 30.1 Å². The number of halogens is 1. The summed E-state index contributed by atoms with van der Waals surface area (Å²) in [4.78, 5) is 15.7. The van der Waals surface area contributed by atoms with Gasteiger partial charge in [-0.05, 0) is 38.0 Å². The number of rotatable bonds is 2. The Balaban J connectivity index is 2.05. The summed E-state index contributed by atoms with van der Waals surface area (Å²) in [5.41, 5.74) is 2.79. The highest BCUT2D eigenvalue weighted by Gasteiger charge is 2.09. The molecule has 1 aliphatic rings. The van der Waals surface area contributed by atoms with Gasteiger partial charge in [-0.3, -0.25) is 4.79 Å². The van der Waals surface area contributed by atoms with Crippen LogP contribution in [0.2, 0.25) is 5.15 Å². The molecule has 0 atom stereocenters. The largest absolute Gasteiger partial charge is 0.326 e. The van der Waals surface area contributed by atoms with Crippen LogP contribution < -0.4 is 5.32 Å². The molecule has 1 aromatic rings. The first-order valence-electron chi connectivity index (χ1n) is 5.44. The maximum atomic E-state index is 11.8. The van der Waals surface area contributed by atoms with E-state index < -0.39 is 0 Å². The zero-order valence-corrected chi connectivity index (χ0v) is 10.3. The van der Waals surface area contributed by atoms with Crippen molar-refractivity contribution in [3.8, 4) is 0 Å². The van der Waals surface area contributed by atoms with Crippen molar-refractivity contribution in [2.45, 2.75) is 19.8 Å². The van der Waals surface area contributed by atoms with Crippen molar-refractivity contribution in [1.29, 1.82) is 0 Å². The van der Waals surface area contributed by atoms with E-state index in [1.54, 1.807) is 12.1 Å². The Morgan fingerprint density at radius 1 is 1.35 bits per heavy atom. The van der Waals surface area contributed by atoms with E-state index in [9.17, 15) is 4.79 Å². The molecule has 4 heteroatoms. The van der Waals surface area contributed by atoms with Gasteiger partial charge in [0.05, 0.1) is 5.56 Å². The highest BCUT2D eigenvalue weighted by molar-refractivity contribution is 6.29. The average Bonchev–Trinajstić information content (AvgIpc) is 2.33. The summed E-state index contributed by atoms with van der Waals surface area (Å²) in [6, 6.07) is 3.27. The van der Waals surface area contributed by atoms with Crippen molar-refractivity contribution >= 4 is 17.5 Å². The van der Waals surface area contributed by atoms with E-state index in [1.165, 1.54) is 11.8 Å². The fraction of sp³-hybridized carbons (Fsp3) is 0.231. The predicted octanol–water partition coefficient (Wildman–Crippen LogP) is 3.09. The van der Waals surface area contributed by atoms with Crippen LogP contribution in [0, 0.1) is 0 Å². The minimum Gasteiger partial charge on any atom is -0.326 e. The second-order valence-corrected chi connectivity index (χ2v) is 4.42. The van der Waals surface area contributed by atoms with E-state index in [2.05, 4.69) is 17.2 Å². The minimum atomic E-state index is -0.145. The molecule has 0 saturated heterocycles. The lowest BCUT2D eigenvalue weighted by atomic mass is 10.0. The van der Waals surface area contributed by atoms with Crippen LogP contribution in [0.25, 0.3) is 0 Å². The summed E-state index contributed by atoms with van der Waals surface area (Å²) in [6.45, 7) is 2.08. The maximum Gasteiger partial charge on any atom is 0.256 e. The highest BCUT2D eigenvalue weighted by atomic mass is 35.5. The van der Waals surface area contributed by atoms with E-state index in [0.29, 0.717) is 10.7 Å². The first-order valence-corrected chi connectivity index (χ1v) is 5.82. The van der Waals surface area contributed by atoms with Gasteiger partial charge in [0, 0.05) is 11.9 Å². The predicted molar refractivity (Wildman–Crippen MR) is 67.8 cm³/mol. The summed E-state index contributed by atoms with van der Waals surface area (Å²) < 4.78 is 0. The topological polar surface area (TPSA) is 42.0 Å². The van der Waals surface area contributed by atoms with Gasteiger partial charge >= 0.3 is 0 Å². The standard InChI is InChI=1S/C13H13ClN2O/c1-9-2-5-11(6-3-9)16-13(17)10-4-7-12(14)15-8-10/h2,4-5,7-8H,3,6H2,1H3,(H,16,17). The molecule has 0 spiro atoms. The van der Waals surface area contributed by atoms with Crippen molar-refractivity contribution in [2.75, 3.05) is 0 Å². The number of carbonyl (C=O) groups excluding carboxylic acids is 1. The van der Waals surface area contributed by atoms with E-state index in [-0.39, 0.29) is 5.91 Å². The molecule has 3 nitrogen and oxygen atoms in total. The number of nitrogens with zero attached hydrogens (tertiary/aromatic N) is 1. The summed E-state index contributed by atoms with van der Waals surface area (Å²) in [5.74, 6) is -0.145. The third-order valence-corrected chi connectivity index (χ3v) is 2.84. The molecule has 17 heavy (non-hydrogen) atoms. The highest BCUT2D eigenvalue weighted by Crippen LogP contribution is 2.16. The van der Waals surface area contributed by atoms with Crippen molar-refractivity contribution < 1.29 is 4.79 Å². The summed E-state index contributed by atoms with van der Waals surface area (Å²) in [5, 5.41) is 3.26. The van der Waals surface area contributed by atoms with Crippen LogP contribution in [-0.4, -0.2) is 10.9 Å². The lowest BCUT2D eigenvalue weighted by Gasteiger charge is -2.13. The Morgan fingerprint density at radius 3 is 2.76 bits per heavy atom. The van der Waals surface area contributed by atoms with Crippen molar-refractivity contribution in [3.63, 3.8) is 0 Å². The molecule has 0 saturated carbocycles. The number of aromatic nitrogens is 1. The average molecular weight is 249 g/mol. The number of nitrogens with one attached hydrogen (secondary N) is 1. The second-order valence-electron chi connectivity index (χ2n) is 4.03. The van der Waals surface area contributed by atoms with Crippen molar-refractivity contribution in [1.82, 2.24) is 10.3 Å². The molecule has 1 heterocycles. The lowest BCUT2D eigenvalue weighted by Crippen LogP contribution is -2.23. The minimum absolute atomic E-state index is 0.145. The molecule has 1 aliphatic carbocycles. The van der Waals surface area contributed by atoms with Gasteiger partial charge < -0.3 is 5.32 Å². The summed E-state index contributed by atoms with van der Waals surface area (Å²) in [6.07, 6.45) is 7.31. The van der Waals surface area contributed by atoms with Gasteiger partial charge in [0.15, 0.2) is 0 Å². The number of carbonyl (C=O) groups is 1. The quantitative estimate of drug-likeness (QED) is 0.818. The molecule has 88 valence electrons. The van der Waals surface area contributed by atoms with E-state index >= 15 is 0 Å². The SMILES string of the molecule is CC1=CC=C(NC(=O)c2ccc(Cl)nc2)CC1. The Morgan fingerprint density at radius 2 is 2.18 bits per heavy atom. The summed E-state index contributed by atoms with van der Waals surface area (Å²) >= 11 is 5.66. The molecular weight excluding hydrogens is 236 g/mol. The monoisotopic (exact) mass is 248 g/mol. The van der Waals surface area contributed by atoms with Gasteiger partial charge in [0.2, 0.25) is 0 Å². The van der Waals surface area contributed by atoms with E-state index in [4.69, 9.17) is 11.6 Å². The van der Waals surface area contributed by atoms with Crippen LogP contribution in [0.15, 0.2) is 41.8 Å². The molecule has 2 rings (SSSR count). The molecule has 0 radical (unpaired) electrons. The second kappa shape index (κ2) is 5.15. The third kappa shape index (κ3) is 3.17. The maximum absolute atomic E-state index is 11.8. The molecule has 0 aromatic carbocycles. The molecule has 0 unspecified atom stereocenters. The molecule has 0 fully saturated rings. The van der Waals surface area contributed by atoms with Gasteiger partial charge in [-0.1, -0.05) is 23.3 Å². The molecule has 0 aliphatic heterocycles. The zero-order chi connectivity index (χ0) is 12.3. The first-order chi connectivity index (χ1) is 8.15. The van der Waals surface area contributed by atoms with Gasteiger partial charge in [0.1, 0.15) is 5.15 Å². The molecule has 0 bridgehead atoms. The van der Waals surface area contributed by atoms with Crippen LogP contribution in [0.3, 0.4) is 0 Å². The van der Waals surface area contributed by atoms with Gasteiger partial charge in [-0.15, -0.1) is 0 Å². The molecule has 1 amide bonds. The lowest BCUT2D eigenvalue weighted by molar-refractivity contribution is 0.0964. The smallest absolute Gasteiger partial charge is 0.256 e. The normalized spacial score (nSPS) is 14.9. The first kappa shape index (κ1) is 11.9. The Labute approximate surface area is 105 Å². The molecular formula is C13H13ClN2O. The van der Waals surface area contributed by atoms with Crippen molar-refractivity contribution in [2.24, 2.45) is 0 Å². The number of hydrogen-bond acceptors (Lipinski definition) is 2.